The van der Waals surface area contributed by atoms with Gasteiger partial charge in [-0.2, -0.15) is 0 Å². The SMILES string of the molecule is OC1CCC(Oc2cc(-c3ccc4nc5n(c4n3)[C@@]3(COC5)COc4ccccc43)ccn2)CC1. The lowest BCUT2D eigenvalue weighted by atomic mass is 9.91. The molecule has 1 atom stereocenters. The molecule has 1 fully saturated rings. The van der Waals surface area contributed by atoms with Crippen LogP contribution in [0, 0.1) is 0 Å². The molecule has 3 aromatic heterocycles. The maximum Gasteiger partial charge on any atom is 0.214 e. The summed E-state index contributed by atoms with van der Waals surface area (Å²) in [6.07, 6.45) is 4.86. The second kappa shape index (κ2) is 8.03. The predicted molar refractivity (Wildman–Crippen MR) is 128 cm³/mol. The first-order valence-electron chi connectivity index (χ1n) is 12.2. The van der Waals surface area contributed by atoms with E-state index in [1.54, 1.807) is 6.20 Å². The largest absolute Gasteiger partial charge is 0.490 e. The first-order chi connectivity index (χ1) is 17.2. The van der Waals surface area contributed by atoms with Crippen molar-refractivity contribution < 1.29 is 19.3 Å². The zero-order valence-corrected chi connectivity index (χ0v) is 19.3. The van der Waals surface area contributed by atoms with Crippen LogP contribution in [0.2, 0.25) is 0 Å². The van der Waals surface area contributed by atoms with Gasteiger partial charge in [-0.1, -0.05) is 18.2 Å². The van der Waals surface area contributed by atoms with Gasteiger partial charge in [-0.05, 0) is 49.9 Å². The fourth-order valence-electron chi connectivity index (χ4n) is 5.61. The lowest BCUT2D eigenvalue weighted by Gasteiger charge is -2.34. The number of pyridine rings is 2. The van der Waals surface area contributed by atoms with Gasteiger partial charge in [-0.25, -0.2) is 15.0 Å². The number of para-hydroxylation sites is 1. The molecule has 1 aromatic carbocycles. The molecule has 178 valence electrons. The molecule has 0 unspecified atom stereocenters. The Kier molecular flexibility index (Phi) is 4.78. The van der Waals surface area contributed by atoms with Crippen molar-refractivity contribution in [2.24, 2.45) is 0 Å². The van der Waals surface area contributed by atoms with E-state index in [9.17, 15) is 5.11 Å². The van der Waals surface area contributed by atoms with Crippen LogP contribution in [0.1, 0.15) is 37.1 Å². The molecule has 0 amide bonds. The summed E-state index contributed by atoms with van der Waals surface area (Å²) in [5.41, 5.74) is 4.05. The lowest BCUT2D eigenvalue weighted by molar-refractivity contribution is 0.0134. The Labute approximate surface area is 202 Å². The summed E-state index contributed by atoms with van der Waals surface area (Å²) >= 11 is 0. The minimum atomic E-state index is -0.484. The third-order valence-electron chi connectivity index (χ3n) is 7.39. The second-order valence-corrected chi connectivity index (χ2v) is 9.64. The van der Waals surface area contributed by atoms with Gasteiger partial charge < -0.3 is 19.3 Å². The van der Waals surface area contributed by atoms with Crippen molar-refractivity contribution in [1.82, 2.24) is 19.5 Å². The number of benzene rings is 1. The Morgan fingerprint density at radius 3 is 2.80 bits per heavy atom. The first kappa shape index (κ1) is 20.8. The van der Waals surface area contributed by atoms with Gasteiger partial charge >= 0.3 is 0 Å². The molecule has 1 aliphatic carbocycles. The van der Waals surface area contributed by atoms with E-state index in [4.69, 9.17) is 24.2 Å². The highest BCUT2D eigenvalue weighted by Gasteiger charge is 2.47. The third kappa shape index (κ3) is 3.39. The average molecular weight is 471 g/mol. The fourth-order valence-corrected chi connectivity index (χ4v) is 5.61. The van der Waals surface area contributed by atoms with Crippen molar-refractivity contribution in [3.63, 3.8) is 0 Å². The van der Waals surface area contributed by atoms with Crippen LogP contribution in [0.3, 0.4) is 0 Å². The van der Waals surface area contributed by atoms with E-state index in [0.29, 0.717) is 25.7 Å². The number of aliphatic hydroxyl groups excluding tert-OH is 1. The molecule has 5 heterocycles. The van der Waals surface area contributed by atoms with Crippen LogP contribution in [0.5, 0.6) is 11.6 Å². The van der Waals surface area contributed by atoms with Gasteiger partial charge in [-0.3, -0.25) is 4.57 Å². The number of hydrogen-bond acceptors (Lipinski definition) is 7. The maximum atomic E-state index is 9.77. The number of aromatic nitrogens is 4. The fraction of sp³-hybridized carbons (Fsp3) is 0.370. The molecule has 4 aromatic rings. The normalized spacial score (nSPS) is 25.3. The third-order valence-corrected chi connectivity index (χ3v) is 7.39. The maximum absolute atomic E-state index is 9.77. The predicted octanol–water partition coefficient (Wildman–Crippen LogP) is 3.84. The van der Waals surface area contributed by atoms with E-state index in [2.05, 4.69) is 15.6 Å². The summed E-state index contributed by atoms with van der Waals surface area (Å²) in [7, 11) is 0. The van der Waals surface area contributed by atoms with Crippen LogP contribution in [-0.4, -0.2) is 50.0 Å². The minimum absolute atomic E-state index is 0.0840. The van der Waals surface area contributed by atoms with Gasteiger partial charge in [0.2, 0.25) is 5.88 Å². The number of fused-ring (bicyclic) bond motifs is 6. The molecule has 1 spiro atoms. The highest BCUT2D eigenvalue weighted by Crippen LogP contribution is 2.44. The van der Waals surface area contributed by atoms with Gasteiger partial charge in [0.25, 0.3) is 0 Å². The van der Waals surface area contributed by atoms with Crippen molar-refractivity contribution in [3.05, 3.63) is 66.1 Å². The van der Waals surface area contributed by atoms with Crippen molar-refractivity contribution in [3.8, 4) is 22.9 Å². The molecule has 0 saturated heterocycles. The summed E-state index contributed by atoms with van der Waals surface area (Å²) < 4.78 is 20.4. The molecule has 35 heavy (non-hydrogen) atoms. The molecule has 1 saturated carbocycles. The summed E-state index contributed by atoms with van der Waals surface area (Å²) in [5, 5.41) is 9.77. The second-order valence-electron chi connectivity index (χ2n) is 9.64. The number of rotatable bonds is 3. The Hall–Kier alpha value is -3.49. The summed E-state index contributed by atoms with van der Waals surface area (Å²) in [4.78, 5) is 14.3. The Bertz CT molecular complexity index is 1410. The number of imidazole rings is 1. The summed E-state index contributed by atoms with van der Waals surface area (Å²) in [6.45, 7) is 1.44. The van der Waals surface area contributed by atoms with Gasteiger partial charge in [0.1, 0.15) is 41.9 Å². The van der Waals surface area contributed by atoms with Crippen LogP contribution in [0.15, 0.2) is 54.7 Å². The molecule has 8 nitrogen and oxygen atoms in total. The molecular formula is C27H26N4O4. The number of aliphatic hydroxyl groups is 1. The number of nitrogens with zero attached hydrogens (tertiary/aromatic N) is 4. The summed E-state index contributed by atoms with van der Waals surface area (Å²) in [5.74, 6) is 2.33. The molecule has 2 aliphatic heterocycles. The van der Waals surface area contributed by atoms with E-state index in [1.807, 2.05) is 42.5 Å². The number of hydrogen-bond donors (Lipinski definition) is 1. The zero-order chi connectivity index (χ0) is 23.4. The first-order valence-corrected chi connectivity index (χ1v) is 12.2. The van der Waals surface area contributed by atoms with Gasteiger partial charge in [0, 0.05) is 23.4 Å². The van der Waals surface area contributed by atoms with Crippen LogP contribution in [-0.2, 0) is 16.9 Å². The topological polar surface area (TPSA) is 91.5 Å². The molecule has 3 aliphatic rings. The Morgan fingerprint density at radius 1 is 1.00 bits per heavy atom. The molecule has 1 N–H and O–H groups in total. The Balaban J connectivity index is 1.28. The molecular weight excluding hydrogens is 444 g/mol. The standard InChI is InChI=1S/C27H26N4O4/c32-18-5-7-19(8-6-18)35-25-13-17(11-12-28-25)21-9-10-22-26(30-21)31-24(29-22)14-33-15-27(31)16-34-23-4-2-1-3-20(23)27/h1-4,9-13,18-19,32H,5-8,14-16H2/t18?,19?,27-/m0/s1. The van der Waals surface area contributed by atoms with E-state index >= 15 is 0 Å². The van der Waals surface area contributed by atoms with Crippen molar-refractivity contribution >= 4 is 11.2 Å². The smallest absolute Gasteiger partial charge is 0.214 e. The number of ether oxygens (including phenoxy) is 3. The molecule has 0 radical (unpaired) electrons. The summed E-state index contributed by atoms with van der Waals surface area (Å²) in [6, 6.07) is 16.0. The van der Waals surface area contributed by atoms with E-state index < -0.39 is 5.54 Å². The van der Waals surface area contributed by atoms with E-state index in [-0.39, 0.29) is 12.2 Å². The van der Waals surface area contributed by atoms with Crippen molar-refractivity contribution in [2.45, 2.75) is 50.0 Å². The van der Waals surface area contributed by atoms with Crippen LogP contribution in [0.4, 0.5) is 0 Å². The molecule has 7 rings (SSSR count). The molecule has 0 bridgehead atoms. The van der Waals surface area contributed by atoms with Gasteiger partial charge in [0.05, 0.1) is 18.4 Å². The van der Waals surface area contributed by atoms with Crippen LogP contribution in [0.25, 0.3) is 22.4 Å². The van der Waals surface area contributed by atoms with Crippen LogP contribution < -0.4 is 9.47 Å². The van der Waals surface area contributed by atoms with Crippen LogP contribution >= 0.6 is 0 Å². The van der Waals surface area contributed by atoms with E-state index in [1.165, 1.54) is 0 Å². The van der Waals surface area contributed by atoms with Crippen molar-refractivity contribution in [1.29, 1.82) is 0 Å². The minimum Gasteiger partial charge on any atom is -0.490 e. The Morgan fingerprint density at radius 2 is 1.89 bits per heavy atom. The molecule has 8 heteroatoms. The van der Waals surface area contributed by atoms with Crippen molar-refractivity contribution in [2.75, 3.05) is 13.2 Å². The van der Waals surface area contributed by atoms with Gasteiger partial charge in [0.15, 0.2) is 5.65 Å². The lowest BCUT2D eigenvalue weighted by Crippen LogP contribution is -2.45. The zero-order valence-electron chi connectivity index (χ0n) is 19.3. The monoisotopic (exact) mass is 470 g/mol. The highest BCUT2D eigenvalue weighted by molar-refractivity contribution is 5.77. The van der Waals surface area contributed by atoms with E-state index in [0.717, 1.165) is 65.2 Å². The average Bonchev–Trinajstić information content (AvgIpc) is 3.45. The highest BCUT2D eigenvalue weighted by atomic mass is 16.5. The quantitative estimate of drug-likeness (QED) is 0.486. The van der Waals surface area contributed by atoms with Gasteiger partial charge in [-0.15, -0.1) is 0 Å².